The molecule has 0 saturated carbocycles. The summed E-state index contributed by atoms with van der Waals surface area (Å²) < 4.78 is 5.08. The van der Waals surface area contributed by atoms with Crippen molar-refractivity contribution in [1.29, 1.82) is 0 Å². The number of nitrogens with zero attached hydrogens (tertiary/aromatic N) is 1. The maximum Gasteiger partial charge on any atom is 0.246 e. The largest absolute Gasteiger partial charge is 0.465 e. The van der Waals surface area contributed by atoms with Gasteiger partial charge >= 0.3 is 0 Å². The second-order valence-corrected chi connectivity index (χ2v) is 5.50. The first-order valence-corrected chi connectivity index (χ1v) is 7.43. The molecule has 0 saturated heterocycles. The number of carbonyl (C=O) groups is 2. The summed E-state index contributed by atoms with van der Waals surface area (Å²) in [5, 5.41) is 3.26. The number of benzene rings is 1. The second-order valence-electron chi connectivity index (χ2n) is 4.69. The molecule has 0 fully saturated rings. The summed E-state index contributed by atoms with van der Waals surface area (Å²) in [6.07, 6.45) is 4.37. The van der Waals surface area contributed by atoms with Gasteiger partial charge in [-0.3, -0.25) is 9.59 Å². The minimum Gasteiger partial charge on any atom is -0.465 e. The van der Waals surface area contributed by atoms with Gasteiger partial charge in [-0.05, 0) is 30.3 Å². The predicted octanol–water partition coefficient (Wildman–Crippen LogP) is 3.70. The van der Waals surface area contributed by atoms with Crippen molar-refractivity contribution in [2.45, 2.75) is 0 Å². The van der Waals surface area contributed by atoms with Gasteiger partial charge in [-0.2, -0.15) is 0 Å². The Balaban J connectivity index is 1.93. The SMILES string of the molecule is CN(CC(=O)Nc1c(Cl)cccc1Cl)C(=O)/C=C/c1ccco1. The minimum absolute atomic E-state index is 0.136. The Labute approximate surface area is 143 Å². The van der Waals surface area contributed by atoms with Gasteiger partial charge in [0.05, 0.1) is 28.5 Å². The number of likely N-dealkylation sites (N-methyl/N-ethyl adjacent to an activating group) is 1. The Morgan fingerprint density at radius 1 is 1.22 bits per heavy atom. The lowest BCUT2D eigenvalue weighted by Crippen LogP contribution is -2.34. The monoisotopic (exact) mass is 352 g/mol. The standard InChI is InChI=1S/C16H14Cl2N2O3/c1-20(15(22)8-7-11-4-3-9-23-11)10-14(21)19-16-12(17)5-2-6-13(16)18/h2-9H,10H2,1H3,(H,19,21)/b8-7+. The fraction of sp³-hybridized carbons (Fsp3) is 0.125. The second kappa shape index (κ2) is 7.85. The molecule has 0 aliphatic heterocycles. The fourth-order valence-electron chi connectivity index (χ4n) is 1.76. The Hall–Kier alpha value is -2.24. The molecule has 0 radical (unpaired) electrons. The topological polar surface area (TPSA) is 62.6 Å². The van der Waals surface area contributed by atoms with Crippen LogP contribution in [-0.4, -0.2) is 30.3 Å². The van der Waals surface area contributed by atoms with Gasteiger partial charge in [0.15, 0.2) is 0 Å². The predicted molar refractivity (Wildman–Crippen MR) is 90.5 cm³/mol. The van der Waals surface area contributed by atoms with Crippen molar-refractivity contribution in [2.24, 2.45) is 0 Å². The summed E-state index contributed by atoms with van der Waals surface area (Å²) in [5.41, 5.74) is 0.327. The van der Waals surface area contributed by atoms with Crippen molar-refractivity contribution in [3.05, 3.63) is 58.5 Å². The number of halogens is 2. The number of carbonyl (C=O) groups excluding carboxylic acids is 2. The number of hydrogen-bond donors (Lipinski definition) is 1. The van der Waals surface area contributed by atoms with Gasteiger partial charge in [0, 0.05) is 13.1 Å². The van der Waals surface area contributed by atoms with Gasteiger partial charge in [-0.15, -0.1) is 0 Å². The van der Waals surface area contributed by atoms with E-state index < -0.39 is 5.91 Å². The van der Waals surface area contributed by atoms with Crippen LogP contribution in [0.3, 0.4) is 0 Å². The van der Waals surface area contributed by atoms with Gasteiger partial charge in [0.25, 0.3) is 0 Å². The molecule has 23 heavy (non-hydrogen) atoms. The lowest BCUT2D eigenvalue weighted by molar-refractivity contribution is -0.129. The quantitative estimate of drug-likeness (QED) is 0.834. The highest BCUT2D eigenvalue weighted by atomic mass is 35.5. The molecule has 0 bridgehead atoms. The van der Waals surface area contributed by atoms with E-state index in [2.05, 4.69) is 5.32 Å². The Bertz CT molecular complexity index is 707. The number of hydrogen-bond acceptors (Lipinski definition) is 3. The van der Waals surface area contributed by atoms with Gasteiger partial charge in [-0.25, -0.2) is 0 Å². The highest BCUT2D eigenvalue weighted by Crippen LogP contribution is 2.29. The van der Waals surface area contributed by atoms with Crippen molar-refractivity contribution in [1.82, 2.24) is 4.90 Å². The Morgan fingerprint density at radius 2 is 1.91 bits per heavy atom. The van der Waals surface area contributed by atoms with E-state index in [1.807, 2.05) is 0 Å². The first-order valence-electron chi connectivity index (χ1n) is 6.68. The number of para-hydroxylation sites is 1. The average molecular weight is 353 g/mol. The highest BCUT2D eigenvalue weighted by molar-refractivity contribution is 6.39. The van der Waals surface area contributed by atoms with E-state index in [0.29, 0.717) is 21.5 Å². The van der Waals surface area contributed by atoms with Crippen molar-refractivity contribution in [2.75, 3.05) is 18.9 Å². The molecule has 120 valence electrons. The summed E-state index contributed by atoms with van der Waals surface area (Å²) in [7, 11) is 1.52. The van der Waals surface area contributed by atoms with E-state index >= 15 is 0 Å². The third kappa shape index (κ3) is 4.87. The van der Waals surface area contributed by atoms with E-state index in [9.17, 15) is 9.59 Å². The van der Waals surface area contributed by atoms with E-state index in [4.69, 9.17) is 27.6 Å². The van der Waals surface area contributed by atoms with Crippen molar-refractivity contribution >= 4 is 46.8 Å². The van der Waals surface area contributed by atoms with E-state index in [1.54, 1.807) is 30.3 Å². The maximum absolute atomic E-state index is 12.0. The van der Waals surface area contributed by atoms with E-state index in [1.165, 1.54) is 30.4 Å². The van der Waals surface area contributed by atoms with Gasteiger partial charge in [0.1, 0.15) is 5.76 Å². The summed E-state index contributed by atoms with van der Waals surface area (Å²) in [4.78, 5) is 25.2. The van der Waals surface area contributed by atoms with Crippen LogP contribution >= 0.6 is 23.2 Å². The fourth-order valence-corrected chi connectivity index (χ4v) is 2.25. The van der Waals surface area contributed by atoms with Gasteiger partial charge < -0.3 is 14.6 Å². The normalized spacial score (nSPS) is 10.7. The number of rotatable bonds is 5. The van der Waals surface area contributed by atoms with Crippen LogP contribution in [0.25, 0.3) is 6.08 Å². The lowest BCUT2D eigenvalue weighted by Gasteiger charge is -2.15. The molecular weight excluding hydrogens is 339 g/mol. The van der Waals surface area contributed by atoms with Crippen molar-refractivity contribution in [3.8, 4) is 0 Å². The average Bonchev–Trinajstić information content (AvgIpc) is 3.02. The van der Waals surface area contributed by atoms with Gasteiger partial charge in [0.2, 0.25) is 11.8 Å². The third-order valence-corrected chi connectivity index (χ3v) is 3.55. The molecule has 0 atom stereocenters. The molecule has 2 rings (SSSR count). The number of furan rings is 1. The molecule has 1 aromatic heterocycles. The number of amides is 2. The zero-order chi connectivity index (χ0) is 16.8. The minimum atomic E-state index is -0.401. The van der Waals surface area contributed by atoms with Crippen LogP contribution in [0, 0.1) is 0 Å². The molecule has 1 heterocycles. The summed E-state index contributed by atoms with van der Waals surface area (Å²) in [5.74, 6) is -0.178. The van der Waals surface area contributed by atoms with E-state index in [0.717, 1.165) is 0 Å². The van der Waals surface area contributed by atoms with Crippen LogP contribution < -0.4 is 5.32 Å². The Morgan fingerprint density at radius 3 is 2.52 bits per heavy atom. The van der Waals surface area contributed by atoms with E-state index in [-0.39, 0.29) is 12.5 Å². The molecule has 5 nitrogen and oxygen atoms in total. The third-order valence-electron chi connectivity index (χ3n) is 2.92. The molecule has 0 unspecified atom stereocenters. The van der Waals surface area contributed by atoms with Crippen LogP contribution in [0.5, 0.6) is 0 Å². The Kier molecular flexibility index (Phi) is 5.84. The summed E-state index contributed by atoms with van der Waals surface area (Å²) in [6.45, 7) is -0.136. The molecular formula is C16H14Cl2N2O3. The van der Waals surface area contributed by atoms with Gasteiger partial charge in [-0.1, -0.05) is 29.3 Å². The zero-order valence-corrected chi connectivity index (χ0v) is 13.8. The summed E-state index contributed by atoms with van der Waals surface area (Å²) in [6, 6.07) is 8.34. The molecule has 0 aliphatic rings. The van der Waals surface area contributed by atoms with Crippen molar-refractivity contribution in [3.63, 3.8) is 0 Å². The first kappa shape index (κ1) is 17.1. The molecule has 1 aromatic carbocycles. The number of nitrogens with one attached hydrogen (secondary N) is 1. The lowest BCUT2D eigenvalue weighted by atomic mass is 10.3. The zero-order valence-electron chi connectivity index (χ0n) is 12.3. The smallest absolute Gasteiger partial charge is 0.246 e. The molecule has 7 heteroatoms. The van der Waals surface area contributed by atoms with Crippen LogP contribution in [0.2, 0.25) is 10.0 Å². The van der Waals surface area contributed by atoms with Crippen LogP contribution in [0.15, 0.2) is 47.1 Å². The van der Waals surface area contributed by atoms with Crippen LogP contribution in [-0.2, 0) is 9.59 Å². The molecule has 0 aliphatic carbocycles. The van der Waals surface area contributed by atoms with Crippen molar-refractivity contribution < 1.29 is 14.0 Å². The molecule has 1 N–H and O–H groups in total. The molecule has 0 spiro atoms. The molecule has 2 amide bonds. The summed E-state index contributed by atoms with van der Waals surface area (Å²) >= 11 is 12.0. The van der Waals surface area contributed by atoms with Crippen LogP contribution in [0.4, 0.5) is 5.69 Å². The highest BCUT2D eigenvalue weighted by Gasteiger charge is 2.13. The molecule has 2 aromatic rings. The van der Waals surface area contributed by atoms with Crippen LogP contribution in [0.1, 0.15) is 5.76 Å². The number of anilines is 1. The first-order chi connectivity index (χ1) is 11.0. The maximum atomic E-state index is 12.0.